The first kappa shape index (κ1) is 13.6. The quantitative estimate of drug-likeness (QED) is 0.655. The van der Waals surface area contributed by atoms with E-state index >= 15 is 0 Å². The number of carbonyl (C=O) groups is 1. The van der Waals surface area contributed by atoms with E-state index in [0.717, 1.165) is 18.5 Å². The van der Waals surface area contributed by atoms with Crippen LogP contribution in [0.5, 0.6) is 0 Å². The number of fused-ring (bicyclic) bond motifs is 1. The van der Waals surface area contributed by atoms with Crippen LogP contribution in [0.4, 0.5) is 11.4 Å². The van der Waals surface area contributed by atoms with E-state index in [1.165, 1.54) is 5.56 Å². The fraction of sp³-hybridized carbons (Fsp3) is 0.250. The van der Waals surface area contributed by atoms with Gasteiger partial charge in [0.05, 0.1) is 17.4 Å². The minimum absolute atomic E-state index is 0.0509. The molecule has 1 aliphatic heterocycles. The first-order chi connectivity index (χ1) is 10.2. The molecular formula is C16H18N4O. The lowest BCUT2D eigenvalue weighted by Gasteiger charge is -2.35. The third-order valence-electron chi connectivity index (χ3n) is 3.95. The Morgan fingerprint density at radius 2 is 2.19 bits per heavy atom. The molecule has 108 valence electrons. The maximum atomic E-state index is 13.0. The summed E-state index contributed by atoms with van der Waals surface area (Å²) in [6.45, 7) is 2.07. The summed E-state index contributed by atoms with van der Waals surface area (Å²) in [7, 11) is 0. The molecule has 0 radical (unpaired) electrons. The summed E-state index contributed by atoms with van der Waals surface area (Å²) in [6.07, 6.45) is 5.13. The first-order valence-electron chi connectivity index (χ1n) is 7.04. The smallest absolute Gasteiger partial charge is 0.260 e. The van der Waals surface area contributed by atoms with Crippen molar-refractivity contribution in [2.75, 3.05) is 10.3 Å². The summed E-state index contributed by atoms with van der Waals surface area (Å²) in [6, 6.07) is 9.91. The van der Waals surface area contributed by atoms with Gasteiger partial charge in [0.2, 0.25) is 0 Å². The number of aromatic nitrogens is 1. The number of anilines is 2. The highest BCUT2D eigenvalue weighted by Gasteiger charge is 2.29. The number of carbonyl (C=O) groups excluding carboxylic acids is 1. The molecule has 1 aromatic heterocycles. The third kappa shape index (κ3) is 2.36. The second kappa shape index (κ2) is 5.54. The largest absolute Gasteiger partial charge is 0.322 e. The zero-order valence-electron chi connectivity index (χ0n) is 11.9. The number of aryl methyl sites for hydroxylation is 1. The highest BCUT2D eigenvalue weighted by atomic mass is 16.2. The normalized spacial score (nSPS) is 17.2. The molecular weight excluding hydrogens is 264 g/mol. The summed E-state index contributed by atoms with van der Waals surface area (Å²) >= 11 is 0. The van der Waals surface area contributed by atoms with Crippen LogP contribution in [-0.4, -0.2) is 16.9 Å². The zero-order chi connectivity index (χ0) is 14.8. The lowest BCUT2D eigenvalue weighted by Crippen LogP contribution is -2.42. The van der Waals surface area contributed by atoms with Gasteiger partial charge in [0, 0.05) is 17.9 Å². The Balaban J connectivity index is 2.05. The molecule has 21 heavy (non-hydrogen) atoms. The van der Waals surface area contributed by atoms with Crippen molar-refractivity contribution >= 4 is 17.3 Å². The summed E-state index contributed by atoms with van der Waals surface area (Å²) in [5.74, 6) is 5.44. The predicted molar refractivity (Wildman–Crippen MR) is 83.1 cm³/mol. The molecule has 3 rings (SSSR count). The molecule has 2 aromatic rings. The molecule has 3 N–H and O–H groups in total. The van der Waals surface area contributed by atoms with Gasteiger partial charge in [-0.15, -0.1) is 0 Å². The molecule has 1 amide bonds. The number of hydrogen-bond acceptors (Lipinski definition) is 4. The number of hydrazine groups is 1. The Morgan fingerprint density at radius 3 is 3.00 bits per heavy atom. The number of hydrogen-bond donors (Lipinski definition) is 2. The van der Waals surface area contributed by atoms with Crippen LogP contribution in [0.25, 0.3) is 0 Å². The van der Waals surface area contributed by atoms with Crippen molar-refractivity contribution < 1.29 is 4.79 Å². The molecule has 0 fully saturated rings. The SMILES string of the molecule is CC1CCc2ccccc2N1C(=O)c1ccncc1NN. The van der Waals surface area contributed by atoms with E-state index in [9.17, 15) is 4.79 Å². The van der Waals surface area contributed by atoms with Crippen molar-refractivity contribution in [2.24, 2.45) is 5.84 Å². The molecule has 2 heterocycles. The summed E-state index contributed by atoms with van der Waals surface area (Å²) < 4.78 is 0. The van der Waals surface area contributed by atoms with Gasteiger partial charge in [-0.25, -0.2) is 0 Å². The van der Waals surface area contributed by atoms with Crippen LogP contribution >= 0.6 is 0 Å². The highest BCUT2D eigenvalue weighted by Crippen LogP contribution is 2.32. The summed E-state index contributed by atoms with van der Waals surface area (Å²) in [4.78, 5) is 18.8. The molecule has 0 aliphatic carbocycles. The number of nitrogens with two attached hydrogens (primary N) is 1. The average molecular weight is 282 g/mol. The molecule has 0 spiro atoms. The average Bonchev–Trinajstić information content (AvgIpc) is 2.54. The zero-order valence-corrected chi connectivity index (χ0v) is 11.9. The van der Waals surface area contributed by atoms with Crippen LogP contribution in [0, 0.1) is 0 Å². The Hall–Kier alpha value is -2.40. The van der Waals surface area contributed by atoms with Crippen molar-refractivity contribution in [1.82, 2.24) is 4.98 Å². The van der Waals surface area contributed by atoms with Gasteiger partial charge in [-0.05, 0) is 37.5 Å². The predicted octanol–water partition coefficient (Wildman–Crippen LogP) is 2.35. The first-order valence-corrected chi connectivity index (χ1v) is 7.04. The maximum Gasteiger partial charge on any atom is 0.260 e. The standard InChI is InChI=1S/C16H18N4O/c1-11-6-7-12-4-2-3-5-15(12)20(11)16(21)13-8-9-18-10-14(13)19-17/h2-5,8-11,19H,6-7,17H2,1H3. The van der Waals surface area contributed by atoms with Crippen LogP contribution < -0.4 is 16.2 Å². The number of pyridine rings is 1. The van der Waals surface area contributed by atoms with Crippen molar-refractivity contribution in [2.45, 2.75) is 25.8 Å². The van der Waals surface area contributed by atoms with E-state index in [0.29, 0.717) is 11.3 Å². The number of para-hydroxylation sites is 1. The molecule has 0 bridgehead atoms. The third-order valence-corrected chi connectivity index (χ3v) is 3.95. The summed E-state index contributed by atoms with van der Waals surface area (Å²) in [5, 5.41) is 0. The van der Waals surface area contributed by atoms with E-state index in [4.69, 9.17) is 5.84 Å². The van der Waals surface area contributed by atoms with Crippen LogP contribution in [0.1, 0.15) is 29.3 Å². The van der Waals surface area contributed by atoms with E-state index in [2.05, 4.69) is 23.4 Å². The van der Waals surface area contributed by atoms with Crippen LogP contribution in [0.3, 0.4) is 0 Å². The van der Waals surface area contributed by atoms with Crippen LogP contribution in [-0.2, 0) is 6.42 Å². The van der Waals surface area contributed by atoms with Gasteiger partial charge >= 0.3 is 0 Å². The molecule has 1 unspecified atom stereocenters. The Bertz CT molecular complexity index is 671. The molecule has 1 aliphatic rings. The molecule has 1 atom stereocenters. The Morgan fingerprint density at radius 1 is 1.38 bits per heavy atom. The second-order valence-electron chi connectivity index (χ2n) is 5.26. The molecule has 5 nitrogen and oxygen atoms in total. The second-order valence-corrected chi connectivity index (χ2v) is 5.26. The Kier molecular flexibility index (Phi) is 3.58. The van der Waals surface area contributed by atoms with Crippen molar-refractivity contribution in [3.63, 3.8) is 0 Å². The van der Waals surface area contributed by atoms with Crippen LogP contribution in [0.2, 0.25) is 0 Å². The van der Waals surface area contributed by atoms with Gasteiger partial charge in [-0.2, -0.15) is 0 Å². The van der Waals surface area contributed by atoms with E-state index in [-0.39, 0.29) is 11.9 Å². The number of benzene rings is 1. The van der Waals surface area contributed by atoms with Gasteiger partial charge in [-0.3, -0.25) is 15.6 Å². The van der Waals surface area contributed by atoms with Crippen molar-refractivity contribution in [1.29, 1.82) is 0 Å². The van der Waals surface area contributed by atoms with Crippen molar-refractivity contribution in [3.05, 3.63) is 53.9 Å². The molecule has 1 aromatic carbocycles. The maximum absolute atomic E-state index is 13.0. The van der Waals surface area contributed by atoms with E-state index in [1.54, 1.807) is 18.5 Å². The molecule has 0 saturated heterocycles. The lowest BCUT2D eigenvalue weighted by molar-refractivity contribution is 0.0976. The highest BCUT2D eigenvalue weighted by molar-refractivity contribution is 6.10. The van der Waals surface area contributed by atoms with Gasteiger partial charge in [-0.1, -0.05) is 18.2 Å². The van der Waals surface area contributed by atoms with Gasteiger partial charge in [0.25, 0.3) is 5.91 Å². The number of rotatable bonds is 2. The molecule has 5 heteroatoms. The van der Waals surface area contributed by atoms with Crippen molar-refractivity contribution in [3.8, 4) is 0 Å². The van der Waals surface area contributed by atoms with Gasteiger partial charge in [0.1, 0.15) is 0 Å². The molecule has 0 saturated carbocycles. The van der Waals surface area contributed by atoms with E-state index < -0.39 is 0 Å². The number of amides is 1. The minimum Gasteiger partial charge on any atom is -0.322 e. The summed E-state index contributed by atoms with van der Waals surface area (Å²) in [5.41, 5.74) is 5.82. The monoisotopic (exact) mass is 282 g/mol. The van der Waals surface area contributed by atoms with Gasteiger partial charge < -0.3 is 10.3 Å². The van der Waals surface area contributed by atoms with E-state index in [1.807, 2.05) is 23.1 Å². The van der Waals surface area contributed by atoms with Gasteiger partial charge in [0.15, 0.2) is 0 Å². The number of nitrogen functional groups attached to an aromatic ring is 1. The number of nitrogens with one attached hydrogen (secondary N) is 1. The topological polar surface area (TPSA) is 71.2 Å². The fourth-order valence-corrected chi connectivity index (χ4v) is 2.82. The minimum atomic E-state index is -0.0509. The number of nitrogens with zero attached hydrogens (tertiary/aromatic N) is 2. The fourth-order valence-electron chi connectivity index (χ4n) is 2.82. The lowest BCUT2D eigenvalue weighted by atomic mass is 9.95. The Labute approximate surface area is 123 Å². The van der Waals surface area contributed by atoms with Crippen LogP contribution in [0.15, 0.2) is 42.7 Å².